The Morgan fingerprint density at radius 3 is 2.75 bits per heavy atom. The molecular weight excluding hydrogens is 371 g/mol. The molecule has 0 saturated carbocycles. The Morgan fingerprint density at radius 1 is 1.36 bits per heavy atom. The number of hydrazone groups is 1. The summed E-state index contributed by atoms with van der Waals surface area (Å²) in [4.78, 5) is 12.5. The summed E-state index contributed by atoms with van der Waals surface area (Å²) < 4.78 is 24.4. The molecule has 3 rings (SSSR count). The second kappa shape index (κ2) is 8.24. The molecule has 146 valence electrons. The number of nitrogens with one attached hydrogen (secondary N) is 1. The number of nitrogen functional groups attached to an aromatic ring is 1. The van der Waals surface area contributed by atoms with Crippen molar-refractivity contribution in [2.45, 2.75) is 26.9 Å². The average Bonchev–Trinajstić information content (AvgIpc) is 3.30. The number of hydrogen-bond acceptors (Lipinski definition) is 9. The molecule has 0 radical (unpaired) electrons. The summed E-state index contributed by atoms with van der Waals surface area (Å²) in [6, 6.07) is 5.40. The molecule has 2 aromatic heterocycles. The van der Waals surface area contributed by atoms with Crippen molar-refractivity contribution in [2.75, 3.05) is 5.73 Å². The molecule has 12 heteroatoms. The van der Waals surface area contributed by atoms with E-state index in [2.05, 4.69) is 35.8 Å². The summed E-state index contributed by atoms with van der Waals surface area (Å²) in [6.07, 6.45) is 0.675. The first-order chi connectivity index (χ1) is 13.5. The third-order valence-electron chi connectivity index (χ3n) is 3.72. The number of rotatable bonds is 7. The van der Waals surface area contributed by atoms with Crippen LogP contribution >= 0.6 is 0 Å². The highest BCUT2D eigenvalue weighted by Crippen LogP contribution is 2.19. The smallest absolute Gasteiger partial charge is 0.293 e. The van der Waals surface area contributed by atoms with Crippen LogP contribution in [0.3, 0.4) is 0 Å². The molecule has 0 saturated heterocycles. The molecule has 0 atom stereocenters. The number of ether oxygens (including phenoxy) is 1. The van der Waals surface area contributed by atoms with Crippen molar-refractivity contribution in [3.8, 4) is 11.6 Å². The zero-order valence-corrected chi connectivity index (χ0v) is 15.1. The van der Waals surface area contributed by atoms with Crippen molar-refractivity contribution in [2.24, 2.45) is 5.10 Å². The molecule has 2 heterocycles. The van der Waals surface area contributed by atoms with E-state index in [1.165, 1.54) is 28.9 Å². The predicted octanol–water partition coefficient (Wildman–Crippen LogP) is 1.47. The minimum Gasteiger partial charge on any atom is -0.487 e. The van der Waals surface area contributed by atoms with Crippen molar-refractivity contribution < 1.29 is 18.6 Å². The number of nitrogens with zero attached hydrogens (tertiary/aromatic N) is 6. The summed E-state index contributed by atoms with van der Waals surface area (Å²) in [5, 5.41) is 18.9. The summed E-state index contributed by atoms with van der Waals surface area (Å²) in [5.74, 6) is -0.597. The van der Waals surface area contributed by atoms with Gasteiger partial charge in [-0.15, -0.1) is 5.10 Å². The molecule has 11 nitrogen and oxygen atoms in total. The highest BCUT2D eigenvalue weighted by Gasteiger charge is 2.24. The van der Waals surface area contributed by atoms with Gasteiger partial charge >= 0.3 is 0 Å². The number of aromatic nitrogens is 5. The van der Waals surface area contributed by atoms with Crippen LogP contribution in [0.1, 0.15) is 36.5 Å². The molecule has 0 spiro atoms. The third-order valence-corrected chi connectivity index (χ3v) is 3.72. The van der Waals surface area contributed by atoms with Crippen LogP contribution < -0.4 is 15.9 Å². The topological polar surface area (TPSA) is 146 Å². The third kappa shape index (κ3) is 4.11. The zero-order valence-electron chi connectivity index (χ0n) is 15.1. The first-order valence-electron chi connectivity index (χ1n) is 8.24. The fourth-order valence-electron chi connectivity index (χ4n) is 2.08. The highest BCUT2D eigenvalue weighted by molar-refractivity contribution is 5.94. The predicted molar refractivity (Wildman–Crippen MR) is 95.2 cm³/mol. The lowest BCUT2D eigenvalue weighted by atomic mass is 10.3. The standard InChI is InChI=1S/C16H17FN8O3/c1-3-9(2)19-21-16(26)13-12(8-27-11-6-4-10(17)5-7-11)25(24-20-13)15-14(18)22-28-23-15/h4-7H,3,8H2,1-2H3,(H2,18,22)(H,21,26)/b19-9-. The maximum Gasteiger partial charge on any atom is 0.293 e. The van der Waals surface area contributed by atoms with Crippen LogP contribution in [0.25, 0.3) is 5.82 Å². The highest BCUT2D eigenvalue weighted by atomic mass is 19.1. The Balaban J connectivity index is 1.91. The number of carbonyl (C=O) groups is 1. The van der Waals surface area contributed by atoms with Gasteiger partial charge in [-0.05, 0) is 47.9 Å². The molecule has 0 bridgehead atoms. The van der Waals surface area contributed by atoms with E-state index in [1.54, 1.807) is 6.92 Å². The Bertz CT molecular complexity index is 996. The van der Waals surface area contributed by atoms with Crippen molar-refractivity contribution in [3.63, 3.8) is 0 Å². The normalized spacial score (nSPS) is 11.5. The van der Waals surface area contributed by atoms with E-state index in [0.717, 1.165) is 5.71 Å². The second-order valence-corrected chi connectivity index (χ2v) is 5.65. The van der Waals surface area contributed by atoms with E-state index in [-0.39, 0.29) is 29.6 Å². The monoisotopic (exact) mass is 388 g/mol. The average molecular weight is 388 g/mol. The number of anilines is 1. The molecule has 0 aliphatic rings. The molecule has 28 heavy (non-hydrogen) atoms. The molecule has 0 fully saturated rings. The van der Waals surface area contributed by atoms with Gasteiger partial charge in [-0.1, -0.05) is 12.1 Å². The lowest BCUT2D eigenvalue weighted by Gasteiger charge is -2.08. The van der Waals surface area contributed by atoms with Gasteiger partial charge in [0.1, 0.15) is 23.9 Å². The Morgan fingerprint density at radius 2 is 2.11 bits per heavy atom. The molecule has 0 unspecified atom stereocenters. The van der Waals surface area contributed by atoms with Gasteiger partial charge in [-0.2, -0.15) is 9.78 Å². The minimum absolute atomic E-state index is 0.0419. The zero-order chi connectivity index (χ0) is 20.1. The fourth-order valence-corrected chi connectivity index (χ4v) is 2.08. The lowest BCUT2D eigenvalue weighted by molar-refractivity contribution is 0.0947. The van der Waals surface area contributed by atoms with Crippen LogP contribution in [0.5, 0.6) is 5.75 Å². The molecule has 1 amide bonds. The molecular formula is C16H17FN8O3. The summed E-state index contributed by atoms with van der Waals surface area (Å²) in [5.41, 5.74) is 9.03. The quantitative estimate of drug-likeness (QED) is 0.457. The van der Waals surface area contributed by atoms with E-state index in [0.29, 0.717) is 12.2 Å². The van der Waals surface area contributed by atoms with Crippen LogP contribution in [-0.2, 0) is 6.61 Å². The largest absolute Gasteiger partial charge is 0.487 e. The Hall–Kier alpha value is -3.83. The van der Waals surface area contributed by atoms with E-state index in [9.17, 15) is 9.18 Å². The first kappa shape index (κ1) is 18.9. The van der Waals surface area contributed by atoms with Gasteiger partial charge in [0.15, 0.2) is 5.69 Å². The molecule has 1 aromatic carbocycles. The number of amides is 1. The molecule has 3 aromatic rings. The van der Waals surface area contributed by atoms with Crippen LogP contribution in [0, 0.1) is 5.82 Å². The maximum atomic E-state index is 13.1. The van der Waals surface area contributed by atoms with Crippen molar-refractivity contribution in [3.05, 3.63) is 41.5 Å². The van der Waals surface area contributed by atoms with Gasteiger partial charge in [0.2, 0.25) is 11.6 Å². The SMILES string of the molecule is CC/C(C)=N\NC(=O)c1nnn(-c2nonc2N)c1COc1ccc(F)cc1. The number of nitrogens with two attached hydrogens (primary N) is 1. The fraction of sp³-hybridized carbons (Fsp3) is 0.250. The molecule has 0 aliphatic heterocycles. The molecule has 0 aliphatic carbocycles. The lowest BCUT2D eigenvalue weighted by Crippen LogP contribution is -2.22. The van der Waals surface area contributed by atoms with Crippen molar-refractivity contribution in [1.82, 2.24) is 30.7 Å². The minimum atomic E-state index is -0.591. The van der Waals surface area contributed by atoms with E-state index in [4.69, 9.17) is 10.5 Å². The number of carbonyl (C=O) groups excluding carboxylic acids is 1. The summed E-state index contributed by atoms with van der Waals surface area (Å²) in [6.45, 7) is 3.55. The molecule has 3 N–H and O–H groups in total. The van der Waals surface area contributed by atoms with Crippen LogP contribution in [0.2, 0.25) is 0 Å². The van der Waals surface area contributed by atoms with Gasteiger partial charge in [0.25, 0.3) is 5.91 Å². The van der Waals surface area contributed by atoms with Gasteiger partial charge in [-0.3, -0.25) is 4.79 Å². The van der Waals surface area contributed by atoms with Gasteiger partial charge in [0, 0.05) is 5.71 Å². The Kier molecular flexibility index (Phi) is 5.58. The summed E-state index contributed by atoms with van der Waals surface area (Å²) in [7, 11) is 0. The second-order valence-electron chi connectivity index (χ2n) is 5.65. The number of benzene rings is 1. The van der Waals surface area contributed by atoms with Crippen molar-refractivity contribution >= 4 is 17.4 Å². The van der Waals surface area contributed by atoms with Crippen LogP contribution in [0.15, 0.2) is 34.0 Å². The van der Waals surface area contributed by atoms with E-state index < -0.39 is 11.7 Å². The first-order valence-corrected chi connectivity index (χ1v) is 8.24. The van der Waals surface area contributed by atoms with Crippen LogP contribution in [-0.4, -0.2) is 36.9 Å². The van der Waals surface area contributed by atoms with Crippen molar-refractivity contribution in [1.29, 1.82) is 0 Å². The Labute approximate surface area is 158 Å². The van der Waals surface area contributed by atoms with E-state index >= 15 is 0 Å². The van der Waals surface area contributed by atoms with Gasteiger partial charge in [-0.25, -0.2) is 14.4 Å². The number of halogens is 1. The summed E-state index contributed by atoms with van der Waals surface area (Å²) >= 11 is 0. The van der Waals surface area contributed by atoms with E-state index in [1.807, 2.05) is 6.92 Å². The van der Waals surface area contributed by atoms with Crippen LogP contribution in [0.4, 0.5) is 10.2 Å². The van der Waals surface area contributed by atoms with Gasteiger partial charge < -0.3 is 10.5 Å². The maximum absolute atomic E-state index is 13.1. The van der Waals surface area contributed by atoms with Gasteiger partial charge in [0.05, 0.1) is 0 Å². The number of hydrogen-bond donors (Lipinski definition) is 2.